The molecule has 0 atom stereocenters. The molecule has 0 saturated carbocycles. The van der Waals surface area contributed by atoms with Crippen LogP contribution < -0.4 is 15.0 Å². The second kappa shape index (κ2) is 9.78. The summed E-state index contributed by atoms with van der Waals surface area (Å²) in [7, 11) is -4.08. The van der Waals surface area contributed by atoms with Crippen molar-refractivity contribution in [3.63, 3.8) is 0 Å². The molecule has 3 rings (SSSR count). The van der Waals surface area contributed by atoms with Gasteiger partial charge in [-0.05, 0) is 55.5 Å². The van der Waals surface area contributed by atoms with E-state index in [1.165, 1.54) is 41.2 Å². The number of sulfonamides is 1. The first-order valence-electron chi connectivity index (χ1n) is 9.34. The van der Waals surface area contributed by atoms with Crippen molar-refractivity contribution >= 4 is 44.8 Å². The van der Waals surface area contributed by atoms with Gasteiger partial charge in [0.15, 0.2) is 6.61 Å². The SMILES string of the molecule is O=C(O)COc1ccc(S(=O)(=O)NNC(=O)c2cc3c(s2)CCCCCC3)cc1Cl. The van der Waals surface area contributed by atoms with Gasteiger partial charge >= 0.3 is 5.97 Å². The van der Waals surface area contributed by atoms with E-state index in [1.54, 1.807) is 0 Å². The Bertz CT molecular complexity index is 1030. The number of nitrogens with one attached hydrogen (secondary N) is 2. The maximum Gasteiger partial charge on any atom is 0.341 e. The smallest absolute Gasteiger partial charge is 0.341 e. The van der Waals surface area contributed by atoms with E-state index in [1.807, 2.05) is 6.07 Å². The Balaban J connectivity index is 1.66. The first kappa shape index (κ1) is 22.5. The predicted molar refractivity (Wildman–Crippen MR) is 113 cm³/mol. The summed E-state index contributed by atoms with van der Waals surface area (Å²) in [6, 6.07) is 5.40. The van der Waals surface area contributed by atoms with E-state index < -0.39 is 28.5 Å². The number of thiophene rings is 1. The van der Waals surface area contributed by atoms with Gasteiger partial charge in [-0.3, -0.25) is 10.2 Å². The normalized spacial score (nSPS) is 14.3. The predicted octanol–water partition coefficient (Wildman–Crippen LogP) is 3.15. The Hall–Kier alpha value is -2.14. The maximum absolute atomic E-state index is 12.5. The first-order chi connectivity index (χ1) is 14.3. The molecule has 11 heteroatoms. The van der Waals surface area contributed by atoms with Crippen LogP contribution in [0.5, 0.6) is 5.75 Å². The summed E-state index contributed by atoms with van der Waals surface area (Å²) >= 11 is 7.36. The number of carbonyl (C=O) groups excluding carboxylic acids is 1. The minimum Gasteiger partial charge on any atom is -0.480 e. The van der Waals surface area contributed by atoms with Crippen LogP contribution in [0.2, 0.25) is 5.02 Å². The number of fused-ring (bicyclic) bond motifs is 1. The van der Waals surface area contributed by atoms with Crippen LogP contribution in [0.15, 0.2) is 29.2 Å². The molecule has 1 aromatic heterocycles. The van der Waals surface area contributed by atoms with Crippen LogP contribution in [-0.4, -0.2) is 32.0 Å². The fraction of sp³-hybridized carbons (Fsp3) is 0.368. The quantitative estimate of drug-likeness (QED) is 0.532. The lowest BCUT2D eigenvalue weighted by Gasteiger charge is -2.10. The molecule has 0 bridgehead atoms. The summed E-state index contributed by atoms with van der Waals surface area (Å²) in [6.45, 7) is -0.606. The highest BCUT2D eigenvalue weighted by Crippen LogP contribution is 2.29. The van der Waals surface area contributed by atoms with Gasteiger partial charge in [-0.15, -0.1) is 16.2 Å². The second-order valence-electron chi connectivity index (χ2n) is 6.81. The van der Waals surface area contributed by atoms with Gasteiger partial charge in [-0.2, -0.15) is 0 Å². The lowest BCUT2D eigenvalue weighted by atomic mass is 10.00. The molecule has 1 heterocycles. The largest absolute Gasteiger partial charge is 0.480 e. The molecule has 3 N–H and O–H groups in total. The number of carboxylic acid groups (broad SMARTS) is 1. The number of aryl methyl sites for hydroxylation is 2. The monoisotopic (exact) mass is 472 g/mol. The van der Waals surface area contributed by atoms with E-state index in [9.17, 15) is 18.0 Å². The zero-order valence-corrected chi connectivity index (χ0v) is 18.3. The van der Waals surface area contributed by atoms with Gasteiger partial charge in [0.05, 0.1) is 14.8 Å². The third-order valence-corrected chi connectivity index (χ3v) is 7.36. The number of carbonyl (C=O) groups is 2. The van der Waals surface area contributed by atoms with Crippen molar-refractivity contribution in [2.45, 2.75) is 43.4 Å². The molecule has 0 radical (unpaired) electrons. The summed E-state index contributed by atoms with van der Waals surface area (Å²) in [5.41, 5.74) is 3.40. The van der Waals surface area contributed by atoms with Crippen LogP contribution in [0, 0.1) is 0 Å². The van der Waals surface area contributed by atoms with Crippen molar-refractivity contribution in [3.05, 3.63) is 44.6 Å². The highest BCUT2D eigenvalue weighted by Gasteiger charge is 2.20. The minimum absolute atomic E-state index is 0.0399. The molecule has 0 fully saturated rings. The summed E-state index contributed by atoms with van der Waals surface area (Å²) in [5, 5.41) is 8.57. The number of hydrazine groups is 1. The summed E-state index contributed by atoms with van der Waals surface area (Å²) < 4.78 is 29.9. The number of hydrogen-bond donors (Lipinski definition) is 3. The number of benzene rings is 1. The minimum atomic E-state index is -4.08. The van der Waals surface area contributed by atoms with E-state index in [-0.39, 0.29) is 15.7 Å². The van der Waals surface area contributed by atoms with Crippen molar-refractivity contribution in [2.24, 2.45) is 0 Å². The van der Waals surface area contributed by atoms with E-state index in [4.69, 9.17) is 21.4 Å². The summed E-state index contributed by atoms with van der Waals surface area (Å²) in [4.78, 5) is 26.5. The topological polar surface area (TPSA) is 122 Å². The van der Waals surface area contributed by atoms with Gasteiger partial charge in [0, 0.05) is 4.88 Å². The van der Waals surface area contributed by atoms with Crippen LogP contribution in [0.25, 0.3) is 0 Å². The van der Waals surface area contributed by atoms with Gasteiger partial charge in [0.2, 0.25) is 0 Å². The van der Waals surface area contributed by atoms with Gasteiger partial charge in [-0.1, -0.05) is 24.4 Å². The Morgan fingerprint density at radius 3 is 2.57 bits per heavy atom. The molecular weight excluding hydrogens is 452 g/mol. The highest BCUT2D eigenvalue weighted by atomic mass is 35.5. The first-order valence-corrected chi connectivity index (χ1v) is 12.0. The summed E-state index contributed by atoms with van der Waals surface area (Å²) in [6.07, 6.45) is 6.41. The lowest BCUT2D eigenvalue weighted by molar-refractivity contribution is -0.139. The average molecular weight is 473 g/mol. The standard InChI is InChI=1S/C19H21ClN2O6S2/c20-14-10-13(7-8-15(14)28-11-18(23)24)30(26,27)22-21-19(25)17-9-12-5-3-1-2-4-6-16(12)29-17/h7-10,22H,1-6,11H2,(H,21,25)(H,23,24). The average Bonchev–Trinajstić information content (AvgIpc) is 3.07. The lowest BCUT2D eigenvalue weighted by Crippen LogP contribution is -2.41. The van der Waals surface area contributed by atoms with Crippen LogP contribution in [0.3, 0.4) is 0 Å². The number of carboxylic acids is 1. The Morgan fingerprint density at radius 1 is 1.13 bits per heavy atom. The van der Waals surface area contributed by atoms with E-state index in [0.717, 1.165) is 37.3 Å². The van der Waals surface area contributed by atoms with E-state index in [0.29, 0.717) is 4.88 Å². The number of halogens is 1. The molecule has 1 aliphatic carbocycles. The second-order valence-corrected chi connectivity index (χ2v) is 10.0. The third kappa shape index (κ3) is 5.72. The Morgan fingerprint density at radius 2 is 1.87 bits per heavy atom. The van der Waals surface area contributed by atoms with Crippen LogP contribution in [0.4, 0.5) is 0 Å². The van der Waals surface area contributed by atoms with Gasteiger partial charge in [0.25, 0.3) is 15.9 Å². The molecule has 1 amide bonds. The molecule has 0 aliphatic heterocycles. The molecule has 1 aromatic carbocycles. The fourth-order valence-corrected chi connectivity index (χ4v) is 5.41. The van der Waals surface area contributed by atoms with Crippen LogP contribution in [-0.2, 0) is 27.7 Å². The number of rotatable bonds is 7. The molecule has 0 saturated heterocycles. The van der Waals surface area contributed by atoms with Gasteiger partial charge < -0.3 is 9.84 Å². The zero-order valence-electron chi connectivity index (χ0n) is 15.9. The van der Waals surface area contributed by atoms with Crippen molar-refractivity contribution in [3.8, 4) is 5.75 Å². The van der Waals surface area contributed by atoms with Crippen molar-refractivity contribution in [2.75, 3.05) is 6.61 Å². The molecule has 2 aromatic rings. The fourth-order valence-electron chi connectivity index (χ4n) is 3.10. The van der Waals surface area contributed by atoms with Crippen molar-refractivity contribution < 1.29 is 27.9 Å². The van der Waals surface area contributed by atoms with Gasteiger partial charge in [0.1, 0.15) is 5.75 Å². The molecule has 162 valence electrons. The number of hydrogen-bond acceptors (Lipinski definition) is 6. The molecule has 8 nitrogen and oxygen atoms in total. The van der Waals surface area contributed by atoms with Crippen LogP contribution >= 0.6 is 22.9 Å². The van der Waals surface area contributed by atoms with Crippen LogP contribution in [0.1, 0.15) is 45.8 Å². The third-order valence-electron chi connectivity index (χ3n) is 4.58. The number of aliphatic carboxylic acids is 1. The summed E-state index contributed by atoms with van der Waals surface area (Å²) in [5.74, 6) is -1.67. The molecule has 0 spiro atoms. The van der Waals surface area contributed by atoms with Crippen molar-refractivity contribution in [1.82, 2.24) is 10.3 Å². The molecular formula is C19H21ClN2O6S2. The van der Waals surface area contributed by atoms with E-state index >= 15 is 0 Å². The highest BCUT2D eigenvalue weighted by molar-refractivity contribution is 7.89. The Kier molecular flexibility index (Phi) is 7.35. The number of amides is 1. The van der Waals surface area contributed by atoms with E-state index in [2.05, 4.69) is 10.3 Å². The van der Waals surface area contributed by atoms with Gasteiger partial charge in [-0.25, -0.2) is 13.2 Å². The number of ether oxygens (including phenoxy) is 1. The molecule has 1 aliphatic rings. The molecule has 0 unspecified atom stereocenters. The molecule has 30 heavy (non-hydrogen) atoms. The zero-order chi connectivity index (χ0) is 21.7. The Labute approximate surface area is 183 Å². The maximum atomic E-state index is 12.5. The van der Waals surface area contributed by atoms with Crippen molar-refractivity contribution in [1.29, 1.82) is 0 Å².